The molecule has 3 amide bonds. The van der Waals surface area contributed by atoms with Gasteiger partial charge in [0.1, 0.15) is 6.04 Å². The summed E-state index contributed by atoms with van der Waals surface area (Å²) in [5.74, 6) is -1.22. The number of rotatable bonds is 3. The van der Waals surface area contributed by atoms with Crippen molar-refractivity contribution in [3.8, 4) is 0 Å². The Bertz CT molecular complexity index is 447. The molecule has 1 aromatic rings. The highest BCUT2D eigenvalue weighted by Crippen LogP contribution is 2.01. The van der Waals surface area contributed by atoms with Gasteiger partial charge in [0.25, 0.3) is 0 Å². The molecule has 0 bridgehead atoms. The second kappa shape index (κ2) is 7.12. The van der Waals surface area contributed by atoms with Crippen LogP contribution in [0.2, 0.25) is 0 Å². The SMILES string of the molecule is NC(Cc1ccccc1)C(=O)O.O=C1CNC(=O)N1. The summed E-state index contributed by atoms with van der Waals surface area (Å²) in [6.07, 6.45) is 0.385. The minimum absolute atomic E-state index is 0.124. The van der Waals surface area contributed by atoms with Crippen LogP contribution in [0.4, 0.5) is 4.79 Å². The van der Waals surface area contributed by atoms with Crippen LogP contribution in [0, 0.1) is 0 Å². The van der Waals surface area contributed by atoms with Crippen molar-refractivity contribution in [3.05, 3.63) is 35.9 Å². The van der Waals surface area contributed by atoms with Crippen LogP contribution in [0.15, 0.2) is 30.3 Å². The molecule has 5 N–H and O–H groups in total. The van der Waals surface area contributed by atoms with Gasteiger partial charge in [-0.25, -0.2) is 4.79 Å². The molecule has 1 aliphatic heterocycles. The normalized spacial score (nSPS) is 14.8. The predicted molar refractivity (Wildman–Crippen MR) is 67.3 cm³/mol. The van der Waals surface area contributed by atoms with Crippen LogP contribution in [-0.4, -0.2) is 35.6 Å². The fraction of sp³-hybridized carbons (Fsp3) is 0.250. The minimum Gasteiger partial charge on any atom is -0.480 e. The summed E-state index contributed by atoms with van der Waals surface area (Å²) >= 11 is 0. The second-order valence-corrected chi connectivity index (χ2v) is 3.87. The molecule has 19 heavy (non-hydrogen) atoms. The van der Waals surface area contributed by atoms with Crippen LogP contribution in [0.1, 0.15) is 5.56 Å². The van der Waals surface area contributed by atoms with Crippen molar-refractivity contribution >= 4 is 17.9 Å². The molecule has 0 spiro atoms. The minimum atomic E-state index is -0.959. The third-order valence-corrected chi connectivity index (χ3v) is 2.28. The fourth-order valence-electron chi connectivity index (χ4n) is 1.33. The van der Waals surface area contributed by atoms with E-state index in [0.717, 1.165) is 5.56 Å². The fourth-order valence-corrected chi connectivity index (χ4v) is 1.33. The Morgan fingerprint density at radius 1 is 1.32 bits per heavy atom. The highest BCUT2D eigenvalue weighted by molar-refractivity contribution is 6.01. The highest BCUT2D eigenvalue weighted by Gasteiger charge is 2.14. The molecule has 7 heteroatoms. The van der Waals surface area contributed by atoms with Gasteiger partial charge in [-0.15, -0.1) is 0 Å². The molecule has 1 fully saturated rings. The lowest BCUT2D eigenvalue weighted by molar-refractivity contribution is -0.138. The van der Waals surface area contributed by atoms with Crippen LogP contribution in [-0.2, 0) is 16.0 Å². The molecule has 1 saturated heterocycles. The second-order valence-electron chi connectivity index (χ2n) is 3.87. The Labute approximate surface area is 109 Å². The van der Waals surface area contributed by atoms with Crippen molar-refractivity contribution in [3.63, 3.8) is 0 Å². The average molecular weight is 265 g/mol. The Hall–Kier alpha value is -2.41. The third-order valence-electron chi connectivity index (χ3n) is 2.28. The lowest BCUT2D eigenvalue weighted by atomic mass is 10.1. The number of aliphatic carboxylic acids is 1. The van der Waals surface area contributed by atoms with Gasteiger partial charge >= 0.3 is 12.0 Å². The van der Waals surface area contributed by atoms with E-state index in [1.54, 1.807) is 0 Å². The number of hydrogen-bond donors (Lipinski definition) is 4. The van der Waals surface area contributed by atoms with E-state index in [2.05, 4.69) is 5.32 Å². The molecule has 0 aliphatic carbocycles. The van der Waals surface area contributed by atoms with E-state index in [4.69, 9.17) is 10.8 Å². The summed E-state index contributed by atoms with van der Waals surface area (Å²) < 4.78 is 0. The maximum atomic E-state index is 10.4. The van der Waals surface area contributed by atoms with Gasteiger partial charge in [0.15, 0.2) is 0 Å². The van der Waals surface area contributed by atoms with Gasteiger partial charge < -0.3 is 16.2 Å². The van der Waals surface area contributed by atoms with E-state index in [1.807, 2.05) is 35.6 Å². The van der Waals surface area contributed by atoms with E-state index in [1.165, 1.54) is 0 Å². The van der Waals surface area contributed by atoms with Crippen LogP contribution in [0.3, 0.4) is 0 Å². The van der Waals surface area contributed by atoms with Gasteiger partial charge in [0.05, 0.1) is 6.54 Å². The summed E-state index contributed by atoms with van der Waals surface area (Å²) in [4.78, 5) is 30.4. The van der Waals surface area contributed by atoms with Crippen LogP contribution in [0.25, 0.3) is 0 Å². The Kier molecular flexibility index (Phi) is 5.49. The molecular weight excluding hydrogens is 250 g/mol. The molecular formula is C12H15N3O4. The number of nitrogens with one attached hydrogen (secondary N) is 2. The maximum Gasteiger partial charge on any atom is 0.321 e. The average Bonchev–Trinajstić information content (AvgIpc) is 2.75. The van der Waals surface area contributed by atoms with E-state index >= 15 is 0 Å². The van der Waals surface area contributed by atoms with Gasteiger partial charge in [-0.1, -0.05) is 30.3 Å². The number of carbonyl (C=O) groups excluding carboxylic acids is 2. The number of carbonyl (C=O) groups is 3. The number of carboxylic acids is 1. The first-order chi connectivity index (χ1) is 8.99. The van der Waals surface area contributed by atoms with Crippen LogP contribution in [0.5, 0.6) is 0 Å². The van der Waals surface area contributed by atoms with Gasteiger partial charge in [-0.2, -0.15) is 0 Å². The van der Waals surface area contributed by atoms with Crippen LogP contribution < -0.4 is 16.4 Å². The standard InChI is InChI=1S/C9H11NO2.C3H4N2O2/c10-8(9(11)12)6-7-4-2-1-3-5-7;6-2-1-4-3(7)5-2/h1-5,8H,6,10H2,(H,11,12);1H2,(H2,4,5,6,7). The van der Waals surface area contributed by atoms with Gasteiger partial charge in [0, 0.05) is 0 Å². The van der Waals surface area contributed by atoms with Crippen molar-refractivity contribution < 1.29 is 19.5 Å². The monoisotopic (exact) mass is 265 g/mol. The lowest BCUT2D eigenvalue weighted by Gasteiger charge is -2.04. The summed E-state index contributed by atoms with van der Waals surface area (Å²) in [7, 11) is 0. The van der Waals surface area contributed by atoms with Crippen molar-refractivity contribution in [2.24, 2.45) is 5.73 Å². The number of imide groups is 1. The van der Waals surface area contributed by atoms with E-state index < -0.39 is 18.0 Å². The maximum absolute atomic E-state index is 10.4. The van der Waals surface area contributed by atoms with Gasteiger partial charge in [-0.05, 0) is 12.0 Å². The zero-order valence-electron chi connectivity index (χ0n) is 10.1. The lowest BCUT2D eigenvalue weighted by Crippen LogP contribution is -2.32. The molecule has 1 aliphatic rings. The quantitative estimate of drug-likeness (QED) is 0.547. The Morgan fingerprint density at radius 3 is 2.32 bits per heavy atom. The largest absolute Gasteiger partial charge is 0.480 e. The number of benzene rings is 1. The molecule has 102 valence electrons. The highest BCUT2D eigenvalue weighted by atomic mass is 16.4. The zero-order valence-corrected chi connectivity index (χ0v) is 10.1. The van der Waals surface area contributed by atoms with Crippen molar-refractivity contribution in [1.82, 2.24) is 10.6 Å². The number of hydrogen-bond acceptors (Lipinski definition) is 4. The third kappa shape index (κ3) is 5.64. The van der Waals surface area contributed by atoms with Crippen molar-refractivity contribution in [2.45, 2.75) is 12.5 Å². The smallest absolute Gasteiger partial charge is 0.321 e. The zero-order chi connectivity index (χ0) is 14.3. The molecule has 1 atom stereocenters. The first kappa shape index (κ1) is 14.7. The Morgan fingerprint density at radius 2 is 1.95 bits per heavy atom. The summed E-state index contributed by atoms with van der Waals surface area (Å²) in [6.45, 7) is 0.124. The molecule has 1 unspecified atom stereocenters. The number of amides is 3. The predicted octanol–water partition coefficient (Wildman–Crippen LogP) is -0.533. The first-order valence-electron chi connectivity index (χ1n) is 5.59. The number of carboxylic acid groups (broad SMARTS) is 1. The first-order valence-corrected chi connectivity index (χ1v) is 5.59. The summed E-state index contributed by atoms with van der Waals surface area (Å²) in [5, 5.41) is 12.8. The van der Waals surface area contributed by atoms with Gasteiger partial charge in [0.2, 0.25) is 5.91 Å². The van der Waals surface area contributed by atoms with Crippen molar-refractivity contribution in [2.75, 3.05) is 6.54 Å². The van der Waals surface area contributed by atoms with E-state index in [-0.39, 0.29) is 12.5 Å². The molecule has 0 radical (unpaired) electrons. The van der Waals surface area contributed by atoms with Crippen LogP contribution >= 0.6 is 0 Å². The molecule has 2 rings (SSSR count). The molecule has 0 aromatic heterocycles. The number of urea groups is 1. The molecule has 1 aromatic carbocycles. The van der Waals surface area contributed by atoms with E-state index in [9.17, 15) is 14.4 Å². The van der Waals surface area contributed by atoms with Gasteiger partial charge in [-0.3, -0.25) is 14.9 Å². The van der Waals surface area contributed by atoms with E-state index in [0.29, 0.717) is 6.42 Å². The topological polar surface area (TPSA) is 122 Å². The Balaban J connectivity index is 0.000000218. The summed E-state index contributed by atoms with van der Waals surface area (Å²) in [5.41, 5.74) is 6.30. The molecule has 0 saturated carbocycles. The molecule has 1 heterocycles. The molecule has 7 nitrogen and oxygen atoms in total. The number of nitrogens with two attached hydrogens (primary N) is 1. The summed E-state index contributed by atoms with van der Waals surface area (Å²) in [6, 6.07) is 8.15. The van der Waals surface area contributed by atoms with Crippen molar-refractivity contribution in [1.29, 1.82) is 0 Å².